The molecular formula is C27H30N2O5. The predicted octanol–water partition coefficient (Wildman–Crippen LogP) is 4.16. The Kier molecular flexibility index (Phi) is 6.02. The predicted molar refractivity (Wildman–Crippen MR) is 126 cm³/mol. The fourth-order valence-corrected chi connectivity index (χ4v) is 5.92. The molecule has 0 aromatic heterocycles. The van der Waals surface area contributed by atoms with Crippen LogP contribution in [0.1, 0.15) is 55.6 Å². The Morgan fingerprint density at radius 2 is 1.62 bits per heavy atom. The lowest BCUT2D eigenvalue weighted by molar-refractivity contribution is -0.170. The lowest BCUT2D eigenvalue weighted by atomic mass is 9.70. The summed E-state index contributed by atoms with van der Waals surface area (Å²) in [6.45, 7) is 1.08. The van der Waals surface area contributed by atoms with E-state index in [0.29, 0.717) is 38.3 Å². The van der Waals surface area contributed by atoms with Crippen LogP contribution in [0.3, 0.4) is 0 Å². The Balaban J connectivity index is 1.10. The number of rotatable bonds is 7. The molecule has 4 aliphatic rings. The van der Waals surface area contributed by atoms with Crippen LogP contribution in [-0.4, -0.2) is 53.2 Å². The minimum atomic E-state index is -1.04. The number of carbonyl (C=O) groups excluding carboxylic acids is 2. The summed E-state index contributed by atoms with van der Waals surface area (Å²) in [5.74, 6) is -0.623. The first-order valence-corrected chi connectivity index (χ1v) is 12.1. The van der Waals surface area contributed by atoms with E-state index in [2.05, 4.69) is 29.6 Å². The van der Waals surface area contributed by atoms with Gasteiger partial charge in [0, 0.05) is 25.4 Å². The second-order valence-corrected chi connectivity index (χ2v) is 9.64. The number of amides is 2. The Morgan fingerprint density at radius 1 is 1.00 bits per heavy atom. The summed E-state index contributed by atoms with van der Waals surface area (Å²) in [5.41, 5.74) is 3.63. The molecule has 2 bridgehead atoms. The zero-order valence-corrected chi connectivity index (χ0v) is 19.2. The zero-order valence-electron chi connectivity index (χ0n) is 19.2. The van der Waals surface area contributed by atoms with Crippen molar-refractivity contribution in [2.45, 2.75) is 50.0 Å². The number of aliphatic carboxylic acids is 1. The molecule has 34 heavy (non-hydrogen) atoms. The Bertz CT molecular complexity index is 1060. The van der Waals surface area contributed by atoms with Gasteiger partial charge in [-0.05, 0) is 60.3 Å². The van der Waals surface area contributed by atoms with Crippen molar-refractivity contribution in [1.29, 1.82) is 0 Å². The van der Waals surface area contributed by atoms with Gasteiger partial charge in [0.25, 0.3) is 0 Å². The Labute approximate surface area is 199 Å². The molecule has 7 nitrogen and oxygen atoms in total. The maximum Gasteiger partial charge on any atom is 0.407 e. The van der Waals surface area contributed by atoms with Crippen molar-refractivity contribution in [2.75, 3.05) is 19.7 Å². The van der Waals surface area contributed by atoms with E-state index >= 15 is 0 Å². The summed E-state index contributed by atoms with van der Waals surface area (Å²) < 4.78 is 5.53. The molecule has 0 radical (unpaired) electrons. The van der Waals surface area contributed by atoms with Crippen molar-refractivity contribution in [1.82, 2.24) is 10.2 Å². The van der Waals surface area contributed by atoms with E-state index in [1.807, 2.05) is 24.3 Å². The maximum absolute atomic E-state index is 12.8. The molecule has 2 aromatic carbocycles. The summed E-state index contributed by atoms with van der Waals surface area (Å²) in [6, 6.07) is 16.4. The molecule has 2 aromatic rings. The highest BCUT2D eigenvalue weighted by Crippen LogP contribution is 2.45. The smallest absolute Gasteiger partial charge is 0.407 e. The Hall–Kier alpha value is -3.35. The largest absolute Gasteiger partial charge is 0.479 e. The van der Waals surface area contributed by atoms with Crippen LogP contribution in [0.15, 0.2) is 48.5 Å². The number of nitrogens with zero attached hydrogens (tertiary/aromatic N) is 1. The number of nitrogens with one attached hydrogen (secondary N) is 1. The SMILES string of the molecule is O=C(NCCCC(=O)N1CC2CCC1(C(=O)O)CC2)OCC1c2ccccc2-c2ccccc21. The molecule has 3 fully saturated rings. The van der Waals surface area contributed by atoms with Crippen LogP contribution < -0.4 is 5.32 Å². The van der Waals surface area contributed by atoms with Crippen molar-refractivity contribution in [3.05, 3.63) is 59.7 Å². The number of carbonyl (C=O) groups is 3. The van der Waals surface area contributed by atoms with E-state index < -0.39 is 17.6 Å². The van der Waals surface area contributed by atoms with Crippen molar-refractivity contribution >= 4 is 18.0 Å². The fraction of sp³-hybridized carbons (Fsp3) is 0.444. The van der Waals surface area contributed by atoms with Crippen LogP contribution in [0.5, 0.6) is 0 Å². The van der Waals surface area contributed by atoms with Gasteiger partial charge in [0.2, 0.25) is 5.91 Å². The molecule has 7 heteroatoms. The number of benzene rings is 2. The third kappa shape index (κ3) is 3.93. The second-order valence-electron chi connectivity index (χ2n) is 9.64. The van der Waals surface area contributed by atoms with Gasteiger partial charge in [0.15, 0.2) is 0 Å². The van der Waals surface area contributed by atoms with Crippen LogP contribution in [0.4, 0.5) is 4.79 Å². The molecular weight excluding hydrogens is 432 g/mol. The highest BCUT2D eigenvalue weighted by atomic mass is 16.5. The van der Waals surface area contributed by atoms with Gasteiger partial charge in [-0.25, -0.2) is 9.59 Å². The van der Waals surface area contributed by atoms with Gasteiger partial charge < -0.3 is 20.1 Å². The number of piperidine rings is 2. The molecule has 2 aliphatic carbocycles. The number of alkyl carbamates (subject to hydrolysis) is 1. The number of carboxylic acids is 1. The lowest BCUT2D eigenvalue weighted by Crippen LogP contribution is -2.64. The normalized spacial score (nSPS) is 22.7. The van der Waals surface area contributed by atoms with Crippen LogP contribution in [0, 0.1) is 5.92 Å². The van der Waals surface area contributed by atoms with E-state index in [1.165, 1.54) is 11.1 Å². The van der Waals surface area contributed by atoms with Crippen molar-refractivity contribution in [2.24, 2.45) is 5.92 Å². The minimum Gasteiger partial charge on any atom is -0.479 e. The first-order valence-electron chi connectivity index (χ1n) is 12.1. The average molecular weight is 463 g/mol. The van der Waals surface area contributed by atoms with Crippen LogP contribution in [0.2, 0.25) is 0 Å². The number of carboxylic acid groups (broad SMARTS) is 1. The lowest BCUT2D eigenvalue weighted by Gasteiger charge is -2.52. The van der Waals surface area contributed by atoms with Crippen LogP contribution in [0.25, 0.3) is 11.1 Å². The molecule has 178 valence electrons. The van der Waals surface area contributed by atoms with Gasteiger partial charge in [-0.15, -0.1) is 0 Å². The zero-order chi connectivity index (χ0) is 23.7. The molecule has 2 heterocycles. The molecule has 6 rings (SSSR count). The summed E-state index contributed by atoms with van der Waals surface area (Å²) in [4.78, 5) is 38.6. The second kappa shape index (κ2) is 9.12. The van der Waals surface area contributed by atoms with E-state index in [9.17, 15) is 19.5 Å². The Morgan fingerprint density at radius 3 is 2.24 bits per heavy atom. The molecule has 2 aliphatic heterocycles. The fourth-order valence-electron chi connectivity index (χ4n) is 5.92. The molecule has 2 saturated heterocycles. The molecule has 1 saturated carbocycles. The summed E-state index contributed by atoms with van der Waals surface area (Å²) in [6.07, 6.45) is 2.98. The third-order valence-corrected chi connectivity index (χ3v) is 7.77. The standard InChI is InChI=1S/C27H30N2O5/c30-24(29-16-18-11-13-27(29,14-12-18)25(31)32)10-5-15-28-26(33)34-17-23-21-8-3-1-6-19(21)20-7-2-4-9-22(20)23/h1-4,6-9,18,23H,5,10-17H2,(H,28,33)(H,31,32). The van der Waals surface area contributed by atoms with Gasteiger partial charge in [0.05, 0.1) is 0 Å². The molecule has 2 amide bonds. The summed E-state index contributed by atoms with van der Waals surface area (Å²) in [7, 11) is 0. The average Bonchev–Trinajstić information content (AvgIpc) is 3.19. The number of hydrogen-bond acceptors (Lipinski definition) is 4. The quantitative estimate of drug-likeness (QED) is 0.603. The van der Waals surface area contributed by atoms with E-state index in [0.717, 1.165) is 24.0 Å². The first kappa shape index (κ1) is 22.4. The topological polar surface area (TPSA) is 95.9 Å². The van der Waals surface area contributed by atoms with E-state index in [-0.39, 0.29) is 24.9 Å². The number of fused-ring (bicyclic) bond motifs is 6. The molecule has 0 spiro atoms. The highest BCUT2D eigenvalue weighted by molar-refractivity contribution is 5.87. The summed E-state index contributed by atoms with van der Waals surface area (Å²) in [5, 5.41) is 12.5. The van der Waals surface area contributed by atoms with Crippen LogP contribution in [-0.2, 0) is 14.3 Å². The molecule has 2 N–H and O–H groups in total. The molecule has 0 unspecified atom stereocenters. The van der Waals surface area contributed by atoms with Gasteiger partial charge in [-0.2, -0.15) is 0 Å². The third-order valence-electron chi connectivity index (χ3n) is 7.77. The van der Waals surface area contributed by atoms with Gasteiger partial charge in [-0.3, -0.25) is 4.79 Å². The van der Waals surface area contributed by atoms with Gasteiger partial charge >= 0.3 is 12.1 Å². The van der Waals surface area contributed by atoms with Gasteiger partial charge in [0.1, 0.15) is 12.1 Å². The first-order chi connectivity index (χ1) is 16.5. The number of hydrogen-bond donors (Lipinski definition) is 2. The maximum atomic E-state index is 12.8. The summed E-state index contributed by atoms with van der Waals surface area (Å²) >= 11 is 0. The minimum absolute atomic E-state index is 0.00135. The monoisotopic (exact) mass is 462 g/mol. The van der Waals surface area contributed by atoms with Crippen molar-refractivity contribution in [3.8, 4) is 11.1 Å². The van der Waals surface area contributed by atoms with Crippen molar-refractivity contribution < 1.29 is 24.2 Å². The number of ether oxygens (including phenoxy) is 1. The van der Waals surface area contributed by atoms with Crippen molar-refractivity contribution in [3.63, 3.8) is 0 Å². The van der Waals surface area contributed by atoms with Gasteiger partial charge in [-0.1, -0.05) is 48.5 Å². The highest BCUT2D eigenvalue weighted by Gasteiger charge is 2.53. The van der Waals surface area contributed by atoms with Crippen LogP contribution >= 0.6 is 0 Å². The molecule has 0 atom stereocenters. The van der Waals surface area contributed by atoms with E-state index in [4.69, 9.17) is 4.74 Å². The van der Waals surface area contributed by atoms with E-state index in [1.54, 1.807) is 4.90 Å².